The summed E-state index contributed by atoms with van der Waals surface area (Å²) in [5.41, 5.74) is 1.05. The third kappa shape index (κ3) is 5.47. The number of carbonyl (C=O) groups excluding carboxylic acids is 3. The van der Waals surface area contributed by atoms with Crippen LogP contribution < -0.4 is 5.32 Å². The molecule has 26 heavy (non-hydrogen) atoms. The van der Waals surface area contributed by atoms with E-state index in [0.29, 0.717) is 37.6 Å². The predicted octanol–water partition coefficient (Wildman–Crippen LogP) is 3.06. The Labute approximate surface area is 153 Å². The van der Waals surface area contributed by atoms with E-state index in [0.717, 1.165) is 19.3 Å². The number of rotatable bonds is 6. The number of ether oxygens (including phenoxy) is 2. The van der Waals surface area contributed by atoms with E-state index in [-0.39, 0.29) is 23.9 Å². The lowest BCUT2D eigenvalue weighted by Gasteiger charge is -2.31. The topological polar surface area (TPSA) is 84.9 Å². The molecule has 1 N–H and O–H groups in total. The fraction of sp³-hybridized carbons (Fsp3) is 0.526. The summed E-state index contributed by atoms with van der Waals surface area (Å²) in [5, 5.41) is 2.84. The van der Waals surface area contributed by atoms with Gasteiger partial charge in [0.2, 0.25) is 5.91 Å². The maximum absolute atomic E-state index is 12.5. The Morgan fingerprint density at radius 3 is 2.54 bits per heavy atom. The fourth-order valence-electron chi connectivity index (χ4n) is 2.78. The molecule has 1 heterocycles. The van der Waals surface area contributed by atoms with Crippen LogP contribution >= 0.6 is 0 Å². The highest BCUT2D eigenvalue weighted by Gasteiger charge is 2.29. The second kappa shape index (κ2) is 9.79. The molecule has 1 aliphatic heterocycles. The molecular weight excluding hydrogens is 336 g/mol. The molecule has 1 saturated heterocycles. The first-order chi connectivity index (χ1) is 12.5. The number of hydrogen-bond acceptors (Lipinski definition) is 5. The largest absolute Gasteiger partial charge is 0.462 e. The molecule has 0 spiro atoms. The molecule has 1 atom stereocenters. The number of hydrogen-bond donors (Lipinski definition) is 1. The molecule has 1 unspecified atom stereocenters. The molecule has 0 bridgehead atoms. The van der Waals surface area contributed by atoms with Crippen LogP contribution in [0.25, 0.3) is 0 Å². The van der Waals surface area contributed by atoms with Crippen LogP contribution in [-0.2, 0) is 14.3 Å². The van der Waals surface area contributed by atoms with E-state index in [1.807, 2.05) is 6.92 Å². The van der Waals surface area contributed by atoms with Gasteiger partial charge in [-0.3, -0.25) is 4.79 Å². The number of amides is 2. The average Bonchev–Trinajstić information content (AvgIpc) is 2.67. The number of anilines is 1. The molecule has 0 saturated carbocycles. The van der Waals surface area contributed by atoms with Crippen molar-refractivity contribution in [3.8, 4) is 0 Å². The molecule has 0 aliphatic carbocycles. The van der Waals surface area contributed by atoms with E-state index in [2.05, 4.69) is 5.32 Å². The number of carbonyl (C=O) groups is 3. The zero-order chi connectivity index (χ0) is 18.9. The maximum atomic E-state index is 12.5. The summed E-state index contributed by atoms with van der Waals surface area (Å²) in [6, 6.07) is 6.59. The maximum Gasteiger partial charge on any atom is 0.409 e. The fourth-order valence-corrected chi connectivity index (χ4v) is 2.78. The van der Waals surface area contributed by atoms with Crippen molar-refractivity contribution in [2.75, 3.05) is 31.6 Å². The minimum atomic E-state index is -0.375. The summed E-state index contributed by atoms with van der Waals surface area (Å²) in [7, 11) is 0. The van der Waals surface area contributed by atoms with E-state index in [1.165, 1.54) is 0 Å². The quantitative estimate of drug-likeness (QED) is 0.786. The standard InChI is InChI=1S/C19H26N2O5/c1-3-12-26-18(23)14-7-9-16(10-8-14)20-17(22)15-6-5-11-21(13-15)19(24)25-4-2/h7-10,15H,3-6,11-13H2,1-2H3,(H,20,22). The van der Waals surface area contributed by atoms with Gasteiger partial charge in [0.05, 0.1) is 24.7 Å². The summed E-state index contributed by atoms with van der Waals surface area (Å²) in [6.45, 7) is 5.35. The summed E-state index contributed by atoms with van der Waals surface area (Å²) in [6.07, 6.45) is 1.88. The van der Waals surface area contributed by atoms with E-state index >= 15 is 0 Å². The lowest BCUT2D eigenvalue weighted by Crippen LogP contribution is -2.44. The zero-order valence-corrected chi connectivity index (χ0v) is 15.3. The van der Waals surface area contributed by atoms with Crippen molar-refractivity contribution in [2.45, 2.75) is 33.1 Å². The van der Waals surface area contributed by atoms with Gasteiger partial charge in [-0.25, -0.2) is 9.59 Å². The first kappa shape index (κ1) is 19.8. The molecule has 7 nitrogen and oxygen atoms in total. The minimum Gasteiger partial charge on any atom is -0.462 e. The molecular formula is C19H26N2O5. The van der Waals surface area contributed by atoms with Crippen molar-refractivity contribution in [3.05, 3.63) is 29.8 Å². The van der Waals surface area contributed by atoms with Gasteiger partial charge in [0.25, 0.3) is 0 Å². The lowest BCUT2D eigenvalue weighted by atomic mass is 9.97. The predicted molar refractivity (Wildman–Crippen MR) is 97.0 cm³/mol. The third-order valence-electron chi connectivity index (χ3n) is 4.14. The number of likely N-dealkylation sites (tertiary alicyclic amines) is 1. The van der Waals surface area contributed by atoms with E-state index in [4.69, 9.17) is 9.47 Å². The summed E-state index contributed by atoms with van der Waals surface area (Å²) >= 11 is 0. The van der Waals surface area contributed by atoms with Crippen LogP contribution in [0.3, 0.4) is 0 Å². The number of benzene rings is 1. The Balaban J connectivity index is 1.90. The van der Waals surface area contributed by atoms with Gasteiger partial charge in [0.15, 0.2) is 0 Å². The highest BCUT2D eigenvalue weighted by Crippen LogP contribution is 2.20. The molecule has 0 radical (unpaired) electrons. The van der Waals surface area contributed by atoms with Crippen LogP contribution in [0, 0.1) is 5.92 Å². The molecule has 142 valence electrons. The monoisotopic (exact) mass is 362 g/mol. The van der Waals surface area contributed by atoms with Crippen LogP contribution in [0.4, 0.5) is 10.5 Å². The Morgan fingerprint density at radius 2 is 1.88 bits per heavy atom. The van der Waals surface area contributed by atoms with Gasteiger partial charge in [-0.1, -0.05) is 6.92 Å². The van der Waals surface area contributed by atoms with E-state index in [9.17, 15) is 14.4 Å². The van der Waals surface area contributed by atoms with Gasteiger partial charge in [-0.05, 0) is 50.5 Å². The van der Waals surface area contributed by atoms with E-state index in [1.54, 1.807) is 36.1 Å². The smallest absolute Gasteiger partial charge is 0.409 e. The second-order valence-corrected chi connectivity index (χ2v) is 6.19. The van der Waals surface area contributed by atoms with Gasteiger partial charge < -0.3 is 19.7 Å². The first-order valence-corrected chi connectivity index (χ1v) is 9.04. The first-order valence-electron chi connectivity index (χ1n) is 9.04. The number of nitrogens with one attached hydrogen (secondary N) is 1. The molecule has 1 aromatic carbocycles. The third-order valence-corrected chi connectivity index (χ3v) is 4.14. The van der Waals surface area contributed by atoms with E-state index < -0.39 is 0 Å². The average molecular weight is 362 g/mol. The van der Waals surface area contributed by atoms with Crippen molar-refractivity contribution in [1.82, 2.24) is 4.90 Å². The SMILES string of the molecule is CCCOC(=O)c1ccc(NC(=O)C2CCCN(C(=O)OCC)C2)cc1. The molecule has 0 aromatic heterocycles. The van der Waals surface area contributed by atoms with Crippen LogP contribution in [0.1, 0.15) is 43.5 Å². The van der Waals surface area contributed by atoms with Gasteiger partial charge in [0.1, 0.15) is 0 Å². The highest BCUT2D eigenvalue weighted by molar-refractivity contribution is 5.94. The number of esters is 1. The Hall–Kier alpha value is -2.57. The van der Waals surface area contributed by atoms with Crippen molar-refractivity contribution in [1.29, 1.82) is 0 Å². The molecule has 1 aliphatic rings. The summed E-state index contributed by atoms with van der Waals surface area (Å²) in [5.74, 6) is -0.787. The summed E-state index contributed by atoms with van der Waals surface area (Å²) < 4.78 is 10.1. The number of nitrogens with zero attached hydrogens (tertiary/aromatic N) is 1. The van der Waals surface area contributed by atoms with Gasteiger partial charge in [-0.15, -0.1) is 0 Å². The van der Waals surface area contributed by atoms with Crippen molar-refractivity contribution in [3.63, 3.8) is 0 Å². The summed E-state index contributed by atoms with van der Waals surface area (Å²) in [4.78, 5) is 37.7. The van der Waals surface area contributed by atoms with Crippen LogP contribution in [0.15, 0.2) is 24.3 Å². The molecule has 1 aromatic rings. The molecule has 1 fully saturated rings. The zero-order valence-electron chi connectivity index (χ0n) is 15.3. The molecule has 7 heteroatoms. The van der Waals surface area contributed by atoms with Gasteiger partial charge >= 0.3 is 12.1 Å². The van der Waals surface area contributed by atoms with Crippen molar-refractivity contribution >= 4 is 23.7 Å². The Bertz CT molecular complexity index is 629. The Kier molecular flexibility index (Phi) is 7.44. The lowest BCUT2D eigenvalue weighted by molar-refractivity contribution is -0.121. The second-order valence-electron chi connectivity index (χ2n) is 6.19. The van der Waals surface area contributed by atoms with Gasteiger partial charge in [-0.2, -0.15) is 0 Å². The van der Waals surface area contributed by atoms with Gasteiger partial charge in [0, 0.05) is 18.8 Å². The van der Waals surface area contributed by atoms with Crippen molar-refractivity contribution < 1.29 is 23.9 Å². The number of piperidine rings is 1. The van der Waals surface area contributed by atoms with Crippen molar-refractivity contribution in [2.24, 2.45) is 5.92 Å². The van der Waals surface area contributed by atoms with Crippen LogP contribution in [-0.4, -0.2) is 49.2 Å². The normalized spacial score (nSPS) is 16.7. The molecule has 2 rings (SSSR count). The Morgan fingerprint density at radius 1 is 1.15 bits per heavy atom. The van der Waals surface area contributed by atoms with Crippen LogP contribution in [0.5, 0.6) is 0 Å². The molecule has 2 amide bonds. The minimum absolute atomic E-state index is 0.139. The van der Waals surface area contributed by atoms with Crippen LogP contribution in [0.2, 0.25) is 0 Å². The highest BCUT2D eigenvalue weighted by atomic mass is 16.6.